The highest BCUT2D eigenvalue weighted by atomic mass is 16.5. The second kappa shape index (κ2) is 7.18. The van der Waals surface area contributed by atoms with E-state index in [1.54, 1.807) is 16.8 Å². The maximum absolute atomic E-state index is 12.0. The van der Waals surface area contributed by atoms with Crippen LogP contribution in [-0.2, 0) is 4.79 Å². The Kier molecular flexibility index (Phi) is 4.37. The molecule has 146 valence electrons. The molecule has 1 aliphatic carbocycles. The van der Waals surface area contributed by atoms with Crippen molar-refractivity contribution in [2.45, 2.75) is 25.4 Å². The van der Waals surface area contributed by atoms with Crippen LogP contribution in [0.3, 0.4) is 0 Å². The first kappa shape index (κ1) is 17.6. The van der Waals surface area contributed by atoms with E-state index in [4.69, 9.17) is 4.74 Å². The summed E-state index contributed by atoms with van der Waals surface area (Å²) in [6.07, 6.45) is 6.38. The van der Waals surface area contributed by atoms with Crippen molar-refractivity contribution >= 4 is 17.2 Å². The fourth-order valence-corrected chi connectivity index (χ4v) is 3.53. The summed E-state index contributed by atoms with van der Waals surface area (Å²) in [4.78, 5) is 16.2. The fourth-order valence-electron chi connectivity index (χ4n) is 3.53. The number of carbonyl (C=O) groups excluding carboxylic acids is 1. The van der Waals surface area contributed by atoms with Crippen molar-refractivity contribution in [3.8, 4) is 22.9 Å². The molecule has 8 nitrogen and oxygen atoms in total. The predicted octanol–water partition coefficient (Wildman–Crippen LogP) is 2.36. The Bertz CT molecular complexity index is 1120. The molecule has 2 aliphatic rings. The number of anilines is 1. The number of nitrogens with zero attached hydrogens (tertiary/aromatic N) is 4. The molecule has 3 aromatic rings. The highest BCUT2D eigenvalue weighted by molar-refractivity contribution is 5.93. The lowest BCUT2D eigenvalue weighted by Gasteiger charge is -2.16. The quantitative estimate of drug-likeness (QED) is 0.695. The maximum Gasteiger partial charge on any atom is 0.228 e. The Balaban J connectivity index is 1.48. The Morgan fingerprint density at radius 2 is 2.21 bits per heavy atom. The molecule has 0 aromatic carbocycles. The number of hydrogen-bond acceptors (Lipinski definition) is 6. The van der Waals surface area contributed by atoms with Gasteiger partial charge in [-0.1, -0.05) is 0 Å². The largest absolute Gasteiger partial charge is 0.487 e. The summed E-state index contributed by atoms with van der Waals surface area (Å²) in [5.41, 5.74) is 2.90. The number of nitriles is 1. The van der Waals surface area contributed by atoms with Crippen LogP contribution in [0, 0.1) is 17.2 Å². The first-order valence-electron chi connectivity index (χ1n) is 9.78. The number of ether oxygens (including phenoxy) is 1. The highest BCUT2D eigenvalue weighted by Gasteiger charge is 2.30. The molecule has 0 spiro atoms. The third kappa shape index (κ3) is 3.65. The van der Waals surface area contributed by atoms with E-state index in [-0.39, 0.29) is 17.9 Å². The Labute approximate surface area is 167 Å². The Morgan fingerprint density at radius 3 is 2.97 bits per heavy atom. The van der Waals surface area contributed by atoms with Crippen LogP contribution in [0.25, 0.3) is 16.6 Å². The van der Waals surface area contributed by atoms with Gasteiger partial charge in [0, 0.05) is 30.3 Å². The number of amides is 1. The summed E-state index contributed by atoms with van der Waals surface area (Å²) in [5, 5.41) is 19.9. The number of fused-ring (bicyclic) bond motifs is 1. The van der Waals surface area contributed by atoms with Crippen molar-refractivity contribution in [2.75, 3.05) is 18.4 Å². The molecule has 5 rings (SSSR count). The first-order valence-corrected chi connectivity index (χ1v) is 9.78. The molecule has 1 saturated carbocycles. The van der Waals surface area contributed by atoms with Gasteiger partial charge in [-0.2, -0.15) is 10.4 Å². The summed E-state index contributed by atoms with van der Waals surface area (Å²) in [7, 11) is 0. The number of rotatable bonds is 5. The van der Waals surface area contributed by atoms with Gasteiger partial charge in [-0.25, -0.2) is 9.50 Å². The maximum atomic E-state index is 12.0. The van der Waals surface area contributed by atoms with Crippen LogP contribution in [0.2, 0.25) is 0 Å². The van der Waals surface area contributed by atoms with Gasteiger partial charge in [0.25, 0.3) is 0 Å². The topological polar surface area (TPSA) is 104 Å². The normalized spacial score (nSPS) is 18.5. The lowest BCUT2D eigenvalue weighted by molar-refractivity contribution is -0.117. The molecule has 1 amide bonds. The van der Waals surface area contributed by atoms with Gasteiger partial charge < -0.3 is 15.4 Å². The zero-order chi connectivity index (χ0) is 19.8. The smallest absolute Gasteiger partial charge is 0.228 e. The molecule has 1 aliphatic heterocycles. The zero-order valence-corrected chi connectivity index (χ0v) is 15.8. The minimum Gasteiger partial charge on any atom is -0.487 e. The molecule has 0 unspecified atom stereocenters. The van der Waals surface area contributed by atoms with E-state index in [1.165, 1.54) is 0 Å². The molecule has 1 saturated heterocycles. The van der Waals surface area contributed by atoms with Crippen LogP contribution >= 0.6 is 0 Å². The van der Waals surface area contributed by atoms with Gasteiger partial charge in [-0.05, 0) is 49.6 Å². The van der Waals surface area contributed by atoms with Crippen LogP contribution in [0.4, 0.5) is 5.82 Å². The zero-order valence-electron chi connectivity index (χ0n) is 15.8. The van der Waals surface area contributed by atoms with Crippen LogP contribution in [0.15, 0.2) is 36.7 Å². The van der Waals surface area contributed by atoms with Gasteiger partial charge >= 0.3 is 0 Å². The average Bonchev–Trinajstić information content (AvgIpc) is 3.32. The Morgan fingerprint density at radius 1 is 1.31 bits per heavy atom. The predicted molar refractivity (Wildman–Crippen MR) is 106 cm³/mol. The second-order valence-electron chi connectivity index (χ2n) is 7.49. The molecule has 8 heteroatoms. The standard InChI is InChI=1S/C21H20N6O2/c22-10-15-8-18(19(12-24-15)29-17-3-5-23-11-17)14-4-6-27-16(7-14)9-20(26-27)25-21(28)13-1-2-13/h4,6-9,12-13,17,23H,1-3,5,11H2,(H,25,26,28)/t17-/m0/s1. The molecule has 29 heavy (non-hydrogen) atoms. The van der Waals surface area contributed by atoms with E-state index in [2.05, 4.69) is 26.8 Å². The average molecular weight is 388 g/mol. The molecule has 1 atom stereocenters. The van der Waals surface area contributed by atoms with E-state index >= 15 is 0 Å². The molecule has 0 bridgehead atoms. The van der Waals surface area contributed by atoms with E-state index in [9.17, 15) is 10.1 Å². The number of pyridine rings is 2. The van der Waals surface area contributed by atoms with E-state index in [0.717, 1.165) is 49.0 Å². The SMILES string of the molecule is N#Cc1cc(-c2ccn3nc(NC(=O)C4CC4)cc3c2)c(O[C@H]2CCNC2)cn1. The molecular formula is C21H20N6O2. The highest BCUT2D eigenvalue weighted by Crippen LogP contribution is 2.33. The summed E-state index contributed by atoms with van der Waals surface area (Å²) >= 11 is 0. The van der Waals surface area contributed by atoms with Crippen LogP contribution in [0.5, 0.6) is 5.75 Å². The fraction of sp³-hybridized carbons (Fsp3) is 0.333. The van der Waals surface area contributed by atoms with Crippen LogP contribution in [0.1, 0.15) is 25.0 Å². The third-order valence-corrected chi connectivity index (χ3v) is 5.26. The van der Waals surface area contributed by atoms with Crippen LogP contribution < -0.4 is 15.4 Å². The molecule has 2 N–H and O–H groups in total. The summed E-state index contributed by atoms with van der Waals surface area (Å²) < 4.78 is 7.87. The van der Waals surface area contributed by atoms with Crippen molar-refractivity contribution in [1.29, 1.82) is 5.26 Å². The van der Waals surface area contributed by atoms with Gasteiger partial charge in [0.1, 0.15) is 23.6 Å². The monoisotopic (exact) mass is 388 g/mol. The minimum absolute atomic E-state index is 0.0299. The van der Waals surface area contributed by atoms with E-state index < -0.39 is 0 Å². The molecule has 2 fully saturated rings. The number of nitrogens with one attached hydrogen (secondary N) is 2. The lowest BCUT2D eigenvalue weighted by atomic mass is 10.1. The van der Waals surface area contributed by atoms with Gasteiger partial charge in [-0.3, -0.25) is 4.79 Å². The Hall–Kier alpha value is -3.44. The lowest BCUT2D eigenvalue weighted by Crippen LogP contribution is -2.20. The number of hydrogen-bond donors (Lipinski definition) is 2. The second-order valence-corrected chi connectivity index (χ2v) is 7.49. The van der Waals surface area contributed by atoms with E-state index in [0.29, 0.717) is 17.3 Å². The van der Waals surface area contributed by atoms with Crippen molar-refractivity contribution in [2.24, 2.45) is 5.92 Å². The molecule has 3 aromatic heterocycles. The van der Waals surface area contributed by atoms with Crippen molar-refractivity contribution in [3.05, 3.63) is 42.4 Å². The van der Waals surface area contributed by atoms with Crippen molar-refractivity contribution < 1.29 is 9.53 Å². The number of carbonyl (C=O) groups is 1. The third-order valence-electron chi connectivity index (χ3n) is 5.26. The van der Waals surface area contributed by atoms with Gasteiger partial charge in [0.05, 0.1) is 11.7 Å². The van der Waals surface area contributed by atoms with Gasteiger partial charge in [0.2, 0.25) is 5.91 Å². The summed E-state index contributed by atoms with van der Waals surface area (Å²) in [6, 6.07) is 9.57. The van der Waals surface area contributed by atoms with Crippen molar-refractivity contribution in [1.82, 2.24) is 19.9 Å². The summed E-state index contributed by atoms with van der Waals surface area (Å²) in [6.45, 7) is 1.73. The van der Waals surface area contributed by atoms with Gasteiger partial charge in [0.15, 0.2) is 5.82 Å². The van der Waals surface area contributed by atoms with E-state index in [1.807, 2.05) is 24.4 Å². The minimum atomic E-state index is 0.0299. The van der Waals surface area contributed by atoms with Crippen molar-refractivity contribution in [3.63, 3.8) is 0 Å². The van der Waals surface area contributed by atoms with Gasteiger partial charge in [-0.15, -0.1) is 0 Å². The molecule has 4 heterocycles. The number of aromatic nitrogens is 3. The molecule has 0 radical (unpaired) electrons. The first-order chi connectivity index (χ1) is 14.2. The summed E-state index contributed by atoms with van der Waals surface area (Å²) in [5.74, 6) is 1.35. The van der Waals surface area contributed by atoms with Crippen LogP contribution in [-0.4, -0.2) is 39.7 Å². The molecular weight excluding hydrogens is 368 g/mol.